The minimum Gasteiger partial charge on any atom is -0.328 e. The van der Waals surface area contributed by atoms with E-state index in [-0.39, 0.29) is 6.04 Å². The Bertz CT molecular complexity index is 337. The lowest BCUT2D eigenvalue weighted by molar-refractivity contribution is 0.624. The molecule has 1 rings (SSSR count). The fourth-order valence-corrected chi connectivity index (χ4v) is 2.14. The van der Waals surface area contributed by atoms with E-state index >= 15 is 0 Å². The van der Waals surface area contributed by atoms with E-state index in [1.165, 1.54) is 0 Å². The summed E-state index contributed by atoms with van der Waals surface area (Å²) in [6.07, 6.45) is 2.75. The monoisotopic (exact) mass is 265 g/mol. The van der Waals surface area contributed by atoms with E-state index < -0.39 is 0 Å². The minimum atomic E-state index is 0.210. The highest BCUT2D eigenvalue weighted by atomic mass is 35.5. The first kappa shape index (κ1) is 13.1. The van der Waals surface area contributed by atoms with Crippen LogP contribution in [0.4, 0.5) is 0 Å². The zero-order valence-electron chi connectivity index (χ0n) is 8.56. The molecule has 2 N–H and O–H groups in total. The molecule has 0 heterocycles. The van der Waals surface area contributed by atoms with Crippen LogP contribution in [0.15, 0.2) is 12.1 Å². The lowest BCUT2D eigenvalue weighted by Crippen LogP contribution is -2.14. The van der Waals surface area contributed by atoms with Crippen LogP contribution in [-0.4, -0.2) is 6.04 Å². The van der Waals surface area contributed by atoms with Gasteiger partial charge in [0.1, 0.15) is 0 Å². The molecule has 1 aromatic carbocycles. The number of rotatable bonds is 4. The standard InChI is InChI=1S/C11H14Cl3N/c1-7(15)3-2-4-8-9(12)5-6-10(13)11(8)14/h5-7H,2-4,15H2,1H3. The zero-order valence-corrected chi connectivity index (χ0v) is 10.8. The Morgan fingerprint density at radius 1 is 1.20 bits per heavy atom. The molecule has 0 aliphatic rings. The van der Waals surface area contributed by atoms with E-state index in [0.29, 0.717) is 15.1 Å². The van der Waals surface area contributed by atoms with Crippen LogP contribution >= 0.6 is 34.8 Å². The third-order valence-electron chi connectivity index (χ3n) is 2.23. The molecule has 0 aliphatic heterocycles. The Labute approximate surface area is 106 Å². The molecule has 0 radical (unpaired) electrons. The van der Waals surface area contributed by atoms with Gasteiger partial charge in [-0.25, -0.2) is 0 Å². The van der Waals surface area contributed by atoms with Crippen molar-refractivity contribution < 1.29 is 0 Å². The maximum absolute atomic E-state index is 6.07. The van der Waals surface area contributed by atoms with Crippen molar-refractivity contribution in [3.63, 3.8) is 0 Å². The van der Waals surface area contributed by atoms with Crippen LogP contribution in [0.1, 0.15) is 25.3 Å². The molecule has 0 fully saturated rings. The van der Waals surface area contributed by atoms with Gasteiger partial charge in [-0.1, -0.05) is 34.8 Å². The number of benzene rings is 1. The Morgan fingerprint density at radius 2 is 1.80 bits per heavy atom. The lowest BCUT2D eigenvalue weighted by Gasteiger charge is -2.09. The van der Waals surface area contributed by atoms with Gasteiger partial charge in [0.05, 0.1) is 10.0 Å². The molecule has 0 saturated carbocycles. The highest BCUT2D eigenvalue weighted by Crippen LogP contribution is 2.32. The Balaban J connectivity index is 2.71. The fourth-order valence-electron chi connectivity index (χ4n) is 1.40. The second-order valence-electron chi connectivity index (χ2n) is 3.69. The van der Waals surface area contributed by atoms with Crippen LogP contribution in [0.2, 0.25) is 15.1 Å². The molecular weight excluding hydrogens is 252 g/mol. The molecule has 1 atom stereocenters. The van der Waals surface area contributed by atoms with E-state index in [2.05, 4.69) is 0 Å². The summed E-state index contributed by atoms with van der Waals surface area (Å²) in [6.45, 7) is 1.99. The van der Waals surface area contributed by atoms with Crippen molar-refractivity contribution in [1.82, 2.24) is 0 Å². The zero-order chi connectivity index (χ0) is 11.4. The molecule has 4 heteroatoms. The normalized spacial score (nSPS) is 12.9. The third kappa shape index (κ3) is 3.84. The van der Waals surface area contributed by atoms with E-state index in [1.54, 1.807) is 12.1 Å². The van der Waals surface area contributed by atoms with Crippen molar-refractivity contribution in [3.05, 3.63) is 32.8 Å². The van der Waals surface area contributed by atoms with Gasteiger partial charge in [0.2, 0.25) is 0 Å². The second-order valence-corrected chi connectivity index (χ2v) is 4.88. The first-order chi connectivity index (χ1) is 7.02. The van der Waals surface area contributed by atoms with Crippen molar-refractivity contribution in [2.24, 2.45) is 5.73 Å². The summed E-state index contributed by atoms with van der Waals surface area (Å²) in [6, 6.07) is 3.69. The second kappa shape index (κ2) is 5.95. The first-order valence-corrected chi connectivity index (χ1v) is 6.03. The summed E-state index contributed by atoms with van der Waals surface area (Å²) in [5.41, 5.74) is 6.59. The van der Waals surface area contributed by atoms with Gasteiger partial charge in [-0.3, -0.25) is 0 Å². The molecule has 1 nitrogen and oxygen atoms in total. The van der Waals surface area contributed by atoms with Gasteiger partial charge >= 0.3 is 0 Å². The number of nitrogens with two attached hydrogens (primary N) is 1. The first-order valence-electron chi connectivity index (χ1n) is 4.90. The van der Waals surface area contributed by atoms with Crippen LogP contribution in [0.25, 0.3) is 0 Å². The van der Waals surface area contributed by atoms with Crippen molar-refractivity contribution >= 4 is 34.8 Å². The fraction of sp³-hybridized carbons (Fsp3) is 0.455. The highest BCUT2D eigenvalue weighted by Gasteiger charge is 2.09. The Kier molecular flexibility index (Phi) is 5.20. The summed E-state index contributed by atoms with van der Waals surface area (Å²) in [5.74, 6) is 0. The summed E-state index contributed by atoms with van der Waals surface area (Å²) >= 11 is 18.0. The van der Waals surface area contributed by atoms with Gasteiger partial charge in [0, 0.05) is 11.1 Å². The molecule has 15 heavy (non-hydrogen) atoms. The number of hydrogen-bond donors (Lipinski definition) is 1. The Hall–Kier alpha value is 0.0500. The van der Waals surface area contributed by atoms with Gasteiger partial charge < -0.3 is 5.73 Å². The lowest BCUT2D eigenvalue weighted by atomic mass is 10.1. The molecule has 1 unspecified atom stereocenters. The molecule has 0 aromatic heterocycles. The van der Waals surface area contributed by atoms with Gasteiger partial charge in [0.25, 0.3) is 0 Å². The summed E-state index contributed by atoms with van der Waals surface area (Å²) in [5, 5.41) is 1.79. The van der Waals surface area contributed by atoms with Crippen LogP contribution in [0.5, 0.6) is 0 Å². The van der Waals surface area contributed by atoms with Crippen LogP contribution in [0, 0.1) is 0 Å². The molecule has 84 valence electrons. The highest BCUT2D eigenvalue weighted by molar-refractivity contribution is 6.44. The summed E-state index contributed by atoms with van der Waals surface area (Å²) in [4.78, 5) is 0. The average molecular weight is 267 g/mol. The smallest absolute Gasteiger partial charge is 0.0639 e. The average Bonchev–Trinajstić information content (AvgIpc) is 2.17. The molecule has 0 amide bonds. The van der Waals surface area contributed by atoms with E-state index in [9.17, 15) is 0 Å². The van der Waals surface area contributed by atoms with Crippen molar-refractivity contribution in [2.75, 3.05) is 0 Å². The van der Waals surface area contributed by atoms with E-state index in [0.717, 1.165) is 24.8 Å². The van der Waals surface area contributed by atoms with Crippen molar-refractivity contribution in [3.8, 4) is 0 Å². The van der Waals surface area contributed by atoms with Gasteiger partial charge in [-0.2, -0.15) is 0 Å². The van der Waals surface area contributed by atoms with Gasteiger partial charge in [-0.15, -0.1) is 0 Å². The summed E-state index contributed by atoms with van der Waals surface area (Å²) in [7, 11) is 0. The molecule has 0 spiro atoms. The maximum atomic E-state index is 6.07. The molecule has 0 bridgehead atoms. The Morgan fingerprint density at radius 3 is 2.40 bits per heavy atom. The van der Waals surface area contributed by atoms with Crippen molar-refractivity contribution in [2.45, 2.75) is 32.2 Å². The molecule has 0 saturated heterocycles. The van der Waals surface area contributed by atoms with Crippen LogP contribution in [0.3, 0.4) is 0 Å². The minimum absolute atomic E-state index is 0.210. The number of halogens is 3. The quantitative estimate of drug-likeness (QED) is 0.807. The van der Waals surface area contributed by atoms with E-state index in [1.807, 2.05) is 6.92 Å². The van der Waals surface area contributed by atoms with E-state index in [4.69, 9.17) is 40.5 Å². The predicted octanol–water partition coefficient (Wildman–Crippen LogP) is 4.32. The maximum Gasteiger partial charge on any atom is 0.0639 e. The van der Waals surface area contributed by atoms with Crippen LogP contribution < -0.4 is 5.73 Å². The molecule has 1 aromatic rings. The molecule has 0 aliphatic carbocycles. The topological polar surface area (TPSA) is 26.0 Å². The third-order valence-corrected chi connectivity index (χ3v) is 3.42. The largest absolute Gasteiger partial charge is 0.328 e. The van der Waals surface area contributed by atoms with Gasteiger partial charge in [-0.05, 0) is 43.9 Å². The summed E-state index contributed by atoms with van der Waals surface area (Å²) < 4.78 is 0. The number of hydrogen-bond acceptors (Lipinski definition) is 1. The molecular formula is C11H14Cl3N. The van der Waals surface area contributed by atoms with Crippen LogP contribution in [-0.2, 0) is 6.42 Å². The SMILES string of the molecule is CC(N)CCCc1c(Cl)ccc(Cl)c1Cl. The predicted molar refractivity (Wildman–Crippen MR) is 68.1 cm³/mol. The van der Waals surface area contributed by atoms with Gasteiger partial charge in [0.15, 0.2) is 0 Å². The van der Waals surface area contributed by atoms with Crippen molar-refractivity contribution in [1.29, 1.82) is 0 Å².